The van der Waals surface area contributed by atoms with Crippen molar-refractivity contribution < 1.29 is 9.47 Å². The maximum atomic E-state index is 5.68. The molecule has 1 fully saturated rings. The summed E-state index contributed by atoms with van der Waals surface area (Å²) in [5.74, 6) is 1.30. The Bertz CT molecular complexity index is 472. The van der Waals surface area contributed by atoms with Gasteiger partial charge in [-0.15, -0.1) is 0 Å². The van der Waals surface area contributed by atoms with Crippen LogP contribution in [0, 0.1) is 5.92 Å². The normalized spacial score (nSPS) is 19.1. The molecule has 0 radical (unpaired) electrons. The summed E-state index contributed by atoms with van der Waals surface area (Å²) in [6, 6.07) is 1.95. The van der Waals surface area contributed by atoms with E-state index in [9.17, 15) is 0 Å². The number of guanidine groups is 1. The van der Waals surface area contributed by atoms with E-state index in [1.54, 1.807) is 0 Å². The Balaban J connectivity index is 1.58. The van der Waals surface area contributed by atoms with Crippen LogP contribution in [0.3, 0.4) is 0 Å². The van der Waals surface area contributed by atoms with E-state index >= 15 is 0 Å². The van der Waals surface area contributed by atoms with Crippen molar-refractivity contribution in [3.8, 4) is 0 Å². The molecule has 7 heteroatoms. The van der Waals surface area contributed by atoms with Crippen LogP contribution in [0.2, 0.25) is 0 Å². The minimum atomic E-state index is 0.308. The summed E-state index contributed by atoms with van der Waals surface area (Å²) in [5, 5.41) is 10.9. The summed E-state index contributed by atoms with van der Waals surface area (Å²) in [5.41, 5.74) is 0. The maximum Gasteiger partial charge on any atom is 0.191 e. The number of aromatic nitrogens is 2. The highest BCUT2D eigenvalue weighted by molar-refractivity contribution is 5.79. The molecule has 0 saturated carbocycles. The number of hydrogen-bond acceptors (Lipinski definition) is 4. The Kier molecular flexibility index (Phi) is 9.36. The first kappa shape index (κ1) is 19.7. The van der Waals surface area contributed by atoms with E-state index in [4.69, 9.17) is 9.47 Å². The zero-order valence-corrected chi connectivity index (χ0v) is 15.6. The minimum Gasteiger partial charge on any atom is -0.379 e. The molecule has 2 unspecified atom stereocenters. The van der Waals surface area contributed by atoms with Crippen molar-refractivity contribution in [1.29, 1.82) is 0 Å². The highest BCUT2D eigenvalue weighted by Gasteiger charge is 2.14. The Labute approximate surface area is 151 Å². The quantitative estimate of drug-likeness (QED) is 0.360. The van der Waals surface area contributed by atoms with Crippen molar-refractivity contribution in [3.05, 3.63) is 18.5 Å². The zero-order chi connectivity index (χ0) is 17.7. The topological polar surface area (TPSA) is 72.7 Å². The van der Waals surface area contributed by atoms with Crippen molar-refractivity contribution in [2.45, 2.75) is 45.8 Å². The number of ether oxygens (including phenoxy) is 2. The second kappa shape index (κ2) is 11.9. The standard InChI is InChI=1S/C18H33N5O2/c1-3-19-18(21-13-16(2)14-23-10-5-9-22-23)20-8-6-11-24-15-17-7-4-12-25-17/h5,9-10,16-17H,3-4,6-8,11-15H2,1-2H3,(H2,19,20,21). The molecule has 0 aromatic carbocycles. The molecule has 25 heavy (non-hydrogen) atoms. The molecule has 0 bridgehead atoms. The van der Waals surface area contributed by atoms with Crippen LogP contribution in [-0.4, -0.2) is 61.3 Å². The molecule has 142 valence electrons. The van der Waals surface area contributed by atoms with Gasteiger partial charge in [-0.3, -0.25) is 9.67 Å². The average Bonchev–Trinajstić information content (AvgIpc) is 3.29. The van der Waals surface area contributed by atoms with Gasteiger partial charge in [-0.05, 0) is 38.2 Å². The van der Waals surface area contributed by atoms with Gasteiger partial charge in [0.05, 0.1) is 12.7 Å². The first-order valence-corrected chi connectivity index (χ1v) is 9.47. The predicted octanol–water partition coefficient (Wildman–Crippen LogP) is 1.66. The van der Waals surface area contributed by atoms with E-state index in [1.165, 1.54) is 0 Å². The Morgan fingerprint density at radius 2 is 2.40 bits per heavy atom. The van der Waals surface area contributed by atoms with Crippen LogP contribution >= 0.6 is 0 Å². The molecule has 1 aliphatic heterocycles. The molecule has 2 rings (SSSR count). The Hall–Kier alpha value is -1.60. The molecule has 2 heterocycles. The van der Waals surface area contributed by atoms with Crippen LogP contribution in [0.5, 0.6) is 0 Å². The fraction of sp³-hybridized carbons (Fsp3) is 0.778. The third kappa shape index (κ3) is 8.36. The molecule has 0 aliphatic carbocycles. The second-order valence-corrected chi connectivity index (χ2v) is 6.54. The fourth-order valence-electron chi connectivity index (χ4n) is 2.75. The van der Waals surface area contributed by atoms with E-state index in [1.807, 2.05) is 23.1 Å². The number of hydrogen-bond donors (Lipinski definition) is 2. The second-order valence-electron chi connectivity index (χ2n) is 6.54. The lowest BCUT2D eigenvalue weighted by atomic mass is 10.2. The van der Waals surface area contributed by atoms with E-state index in [-0.39, 0.29) is 0 Å². The summed E-state index contributed by atoms with van der Waals surface area (Å²) in [6.07, 6.45) is 7.36. The van der Waals surface area contributed by atoms with Gasteiger partial charge in [0.1, 0.15) is 0 Å². The minimum absolute atomic E-state index is 0.308. The van der Waals surface area contributed by atoms with Gasteiger partial charge in [0.25, 0.3) is 0 Å². The lowest BCUT2D eigenvalue weighted by molar-refractivity contribution is 0.0168. The van der Waals surface area contributed by atoms with E-state index in [0.29, 0.717) is 12.0 Å². The van der Waals surface area contributed by atoms with Gasteiger partial charge in [0.15, 0.2) is 5.96 Å². The number of nitrogens with zero attached hydrogens (tertiary/aromatic N) is 3. The van der Waals surface area contributed by atoms with E-state index in [2.05, 4.69) is 34.6 Å². The van der Waals surface area contributed by atoms with Gasteiger partial charge in [0, 0.05) is 51.8 Å². The molecule has 7 nitrogen and oxygen atoms in total. The van der Waals surface area contributed by atoms with Crippen LogP contribution in [0.1, 0.15) is 33.1 Å². The third-order valence-corrected chi connectivity index (χ3v) is 4.05. The Morgan fingerprint density at radius 1 is 1.48 bits per heavy atom. The van der Waals surface area contributed by atoms with Crippen LogP contribution in [-0.2, 0) is 16.0 Å². The lowest BCUT2D eigenvalue weighted by Gasteiger charge is -2.14. The molecule has 0 amide bonds. The number of nitrogens with one attached hydrogen (secondary N) is 2. The largest absolute Gasteiger partial charge is 0.379 e. The highest BCUT2D eigenvalue weighted by Crippen LogP contribution is 2.11. The van der Waals surface area contributed by atoms with Crippen molar-refractivity contribution in [3.63, 3.8) is 0 Å². The Morgan fingerprint density at radius 3 is 3.12 bits per heavy atom. The van der Waals surface area contributed by atoms with Gasteiger partial charge >= 0.3 is 0 Å². The average molecular weight is 351 g/mol. The zero-order valence-electron chi connectivity index (χ0n) is 15.6. The number of aliphatic imine (C=N–C) groups is 1. The smallest absolute Gasteiger partial charge is 0.191 e. The summed E-state index contributed by atoms with van der Waals surface area (Å²) in [4.78, 5) is 4.67. The van der Waals surface area contributed by atoms with Crippen molar-refractivity contribution in [1.82, 2.24) is 20.4 Å². The van der Waals surface area contributed by atoms with Crippen LogP contribution in [0.25, 0.3) is 0 Å². The summed E-state index contributed by atoms with van der Waals surface area (Å²) in [6.45, 7) is 9.98. The molecule has 2 N–H and O–H groups in total. The van der Waals surface area contributed by atoms with Crippen molar-refractivity contribution in [2.24, 2.45) is 10.9 Å². The third-order valence-electron chi connectivity index (χ3n) is 4.05. The van der Waals surface area contributed by atoms with Gasteiger partial charge in [0.2, 0.25) is 0 Å². The molecule has 1 aromatic rings. The summed E-state index contributed by atoms with van der Waals surface area (Å²) >= 11 is 0. The summed E-state index contributed by atoms with van der Waals surface area (Å²) < 4.78 is 13.2. The van der Waals surface area contributed by atoms with Crippen molar-refractivity contribution in [2.75, 3.05) is 39.5 Å². The van der Waals surface area contributed by atoms with E-state index in [0.717, 1.165) is 71.2 Å². The maximum absolute atomic E-state index is 5.68. The van der Waals surface area contributed by atoms with Gasteiger partial charge in [-0.1, -0.05) is 6.92 Å². The molecule has 1 aromatic heterocycles. The highest BCUT2D eigenvalue weighted by atomic mass is 16.5. The molecule has 1 aliphatic rings. The summed E-state index contributed by atoms with van der Waals surface area (Å²) in [7, 11) is 0. The monoisotopic (exact) mass is 351 g/mol. The SMILES string of the molecule is CCNC(=NCC(C)Cn1cccn1)NCCCOCC1CCCO1. The molecule has 1 saturated heterocycles. The van der Waals surface area contributed by atoms with Crippen LogP contribution in [0.15, 0.2) is 23.5 Å². The number of rotatable bonds is 11. The van der Waals surface area contributed by atoms with Gasteiger partial charge in [-0.2, -0.15) is 5.10 Å². The lowest BCUT2D eigenvalue weighted by Crippen LogP contribution is -2.38. The molecule has 0 spiro atoms. The molecular weight excluding hydrogens is 318 g/mol. The van der Waals surface area contributed by atoms with Crippen LogP contribution in [0.4, 0.5) is 0 Å². The first-order valence-electron chi connectivity index (χ1n) is 9.47. The fourth-order valence-corrected chi connectivity index (χ4v) is 2.75. The van der Waals surface area contributed by atoms with E-state index < -0.39 is 0 Å². The van der Waals surface area contributed by atoms with Gasteiger partial charge in [-0.25, -0.2) is 0 Å². The first-order chi connectivity index (χ1) is 12.3. The molecule has 2 atom stereocenters. The van der Waals surface area contributed by atoms with Crippen LogP contribution < -0.4 is 10.6 Å². The molecular formula is C18H33N5O2. The predicted molar refractivity (Wildman–Crippen MR) is 99.8 cm³/mol. The van der Waals surface area contributed by atoms with Gasteiger partial charge < -0.3 is 20.1 Å². The van der Waals surface area contributed by atoms with Crippen molar-refractivity contribution >= 4 is 5.96 Å².